The fourth-order valence-electron chi connectivity index (χ4n) is 3.47. The second kappa shape index (κ2) is 7.60. The van der Waals surface area contributed by atoms with Crippen molar-refractivity contribution in [3.05, 3.63) is 83.2 Å². The number of aromatic nitrogens is 2. The molecule has 0 unspecified atom stereocenters. The summed E-state index contributed by atoms with van der Waals surface area (Å²) in [5.41, 5.74) is 3.38. The van der Waals surface area contributed by atoms with Gasteiger partial charge in [0.15, 0.2) is 0 Å². The van der Waals surface area contributed by atoms with Crippen LogP contribution in [-0.2, 0) is 0 Å². The molecule has 0 radical (unpaired) electrons. The van der Waals surface area contributed by atoms with Gasteiger partial charge in [0.05, 0.1) is 34.2 Å². The highest BCUT2D eigenvalue weighted by Gasteiger charge is 2.22. The van der Waals surface area contributed by atoms with Crippen LogP contribution in [0, 0.1) is 25.2 Å². The molecule has 4 aromatic rings. The number of fused-ring (bicyclic) bond motifs is 1. The van der Waals surface area contributed by atoms with Crippen LogP contribution < -0.4 is 10.1 Å². The summed E-state index contributed by atoms with van der Waals surface area (Å²) in [6, 6.07) is 18.9. The first-order valence-corrected chi connectivity index (χ1v) is 9.24. The number of carboxylic acids is 1. The number of nitrogens with one attached hydrogen (secondary N) is 1. The van der Waals surface area contributed by atoms with E-state index in [1.54, 1.807) is 18.4 Å². The van der Waals surface area contributed by atoms with Gasteiger partial charge in [0, 0.05) is 5.69 Å². The maximum Gasteiger partial charge on any atom is 0.337 e. The van der Waals surface area contributed by atoms with Crippen LogP contribution in [0.5, 0.6) is 11.5 Å². The van der Waals surface area contributed by atoms with Crippen molar-refractivity contribution in [2.45, 2.75) is 13.8 Å². The number of aromatic carboxylic acids is 1. The molecular weight excluding hydrogens is 380 g/mol. The molecular formula is C23H18N4O3. The first-order chi connectivity index (χ1) is 14.5. The van der Waals surface area contributed by atoms with Crippen molar-refractivity contribution in [2.75, 3.05) is 5.32 Å². The van der Waals surface area contributed by atoms with Gasteiger partial charge in [-0.25, -0.2) is 9.31 Å². The topological polar surface area (TPSA) is 99.6 Å². The van der Waals surface area contributed by atoms with Gasteiger partial charge < -0.3 is 15.2 Å². The molecule has 0 amide bonds. The molecule has 2 N–H and O–H groups in total. The molecule has 7 nitrogen and oxygen atoms in total. The van der Waals surface area contributed by atoms with E-state index in [2.05, 4.69) is 16.5 Å². The summed E-state index contributed by atoms with van der Waals surface area (Å²) >= 11 is 0. The standard InChI is InChI=1S/C23H18N4O3/c1-14-20(23(28)29)15(2)27-22(14)21(16(12-24)13-25-27)26-17-8-10-19(11-9-17)30-18-6-4-3-5-7-18/h3-11,13,26H,1-2H3,(H,28,29). The van der Waals surface area contributed by atoms with Gasteiger partial charge in [-0.3, -0.25) is 0 Å². The molecule has 2 aromatic carbocycles. The minimum Gasteiger partial charge on any atom is -0.478 e. The number of carbonyl (C=O) groups is 1. The van der Waals surface area contributed by atoms with Crippen LogP contribution in [0.3, 0.4) is 0 Å². The Hall–Kier alpha value is -4.31. The molecule has 0 saturated carbocycles. The number of para-hydroxylation sites is 1. The number of benzene rings is 2. The molecule has 7 heteroatoms. The van der Waals surface area contributed by atoms with Gasteiger partial charge in [-0.2, -0.15) is 10.4 Å². The molecule has 2 heterocycles. The molecule has 0 atom stereocenters. The van der Waals surface area contributed by atoms with Crippen LogP contribution in [0.2, 0.25) is 0 Å². The second-order valence-corrected chi connectivity index (χ2v) is 6.76. The Morgan fingerprint density at radius 3 is 2.40 bits per heavy atom. The van der Waals surface area contributed by atoms with Crippen molar-refractivity contribution in [1.82, 2.24) is 9.61 Å². The fourth-order valence-corrected chi connectivity index (χ4v) is 3.47. The Bertz CT molecular complexity index is 1290. The summed E-state index contributed by atoms with van der Waals surface area (Å²) in [5, 5.41) is 26.6. The Labute approximate surface area is 172 Å². The number of carboxylic acid groups (broad SMARTS) is 1. The van der Waals surface area contributed by atoms with E-state index in [-0.39, 0.29) is 5.56 Å². The van der Waals surface area contributed by atoms with Crippen LogP contribution in [0.4, 0.5) is 11.4 Å². The number of aryl methyl sites for hydroxylation is 2. The minimum absolute atomic E-state index is 0.187. The number of hydrogen-bond acceptors (Lipinski definition) is 5. The molecule has 0 spiro atoms. The van der Waals surface area contributed by atoms with E-state index in [9.17, 15) is 15.2 Å². The predicted octanol–water partition coefficient (Wildman–Crippen LogP) is 5.06. The summed E-state index contributed by atoms with van der Waals surface area (Å²) in [5.74, 6) is 0.388. The third-order valence-corrected chi connectivity index (χ3v) is 4.87. The minimum atomic E-state index is -1.03. The Morgan fingerprint density at radius 2 is 1.77 bits per heavy atom. The maximum atomic E-state index is 11.7. The Kier molecular flexibility index (Phi) is 4.82. The van der Waals surface area contributed by atoms with Gasteiger partial charge in [0.1, 0.15) is 17.6 Å². The van der Waals surface area contributed by atoms with E-state index >= 15 is 0 Å². The number of nitrogens with zero attached hydrogens (tertiary/aromatic N) is 3. The number of ether oxygens (including phenoxy) is 1. The summed E-state index contributed by atoms with van der Waals surface area (Å²) in [7, 11) is 0. The molecule has 148 valence electrons. The maximum absolute atomic E-state index is 11.7. The van der Waals surface area contributed by atoms with Crippen molar-refractivity contribution in [1.29, 1.82) is 5.26 Å². The average Bonchev–Trinajstić information content (AvgIpc) is 3.01. The van der Waals surface area contributed by atoms with E-state index in [0.717, 1.165) is 11.4 Å². The molecule has 4 rings (SSSR count). The van der Waals surface area contributed by atoms with E-state index in [1.165, 1.54) is 6.20 Å². The first kappa shape index (κ1) is 19.0. The highest BCUT2D eigenvalue weighted by molar-refractivity contribution is 5.97. The molecule has 0 saturated heterocycles. The van der Waals surface area contributed by atoms with Gasteiger partial charge >= 0.3 is 5.97 Å². The van der Waals surface area contributed by atoms with Gasteiger partial charge in [-0.1, -0.05) is 18.2 Å². The molecule has 0 aliphatic carbocycles. The smallest absolute Gasteiger partial charge is 0.337 e. The van der Waals surface area contributed by atoms with E-state index < -0.39 is 5.97 Å². The number of rotatable bonds is 5. The number of nitriles is 1. The summed E-state index contributed by atoms with van der Waals surface area (Å²) in [4.78, 5) is 11.7. The Balaban J connectivity index is 1.72. The summed E-state index contributed by atoms with van der Waals surface area (Å²) < 4.78 is 7.35. The summed E-state index contributed by atoms with van der Waals surface area (Å²) in [6.07, 6.45) is 1.43. The zero-order chi connectivity index (χ0) is 21.3. The van der Waals surface area contributed by atoms with Gasteiger partial charge in [0.25, 0.3) is 0 Å². The molecule has 2 aromatic heterocycles. The van der Waals surface area contributed by atoms with Crippen LogP contribution >= 0.6 is 0 Å². The van der Waals surface area contributed by atoms with Crippen molar-refractivity contribution < 1.29 is 14.6 Å². The predicted molar refractivity (Wildman–Crippen MR) is 113 cm³/mol. The second-order valence-electron chi connectivity index (χ2n) is 6.76. The highest BCUT2D eigenvalue weighted by Crippen LogP contribution is 2.33. The monoisotopic (exact) mass is 398 g/mol. The molecule has 30 heavy (non-hydrogen) atoms. The molecule has 0 aliphatic heterocycles. The van der Waals surface area contributed by atoms with Gasteiger partial charge in [-0.15, -0.1) is 0 Å². The lowest BCUT2D eigenvalue weighted by molar-refractivity contribution is 0.0695. The lowest BCUT2D eigenvalue weighted by Gasteiger charge is -2.12. The van der Waals surface area contributed by atoms with Crippen molar-refractivity contribution in [3.8, 4) is 17.6 Å². The highest BCUT2D eigenvalue weighted by atomic mass is 16.5. The van der Waals surface area contributed by atoms with Crippen LogP contribution in [0.1, 0.15) is 27.2 Å². The van der Waals surface area contributed by atoms with Crippen molar-refractivity contribution in [2.24, 2.45) is 0 Å². The Morgan fingerprint density at radius 1 is 1.10 bits per heavy atom. The summed E-state index contributed by atoms with van der Waals surface area (Å²) in [6.45, 7) is 3.42. The fraction of sp³-hybridized carbons (Fsp3) is 0.0870. The lowest BCUT2D eigenvalue weighted by Crippen LogP contribution is -2.02. The number of anilines is 2. The third-order valence-electron chi connectivity index (χ3n) is 4.87. The largest absolute Gasteiger partial charge is 0.478 e. The average molecular weight is 398 g/mol. The lowest BCUT2D eigenvalue weighted by atomic mass is 10.1. The number of hydrogen-bond donors (Lipinski definition) is 2. The zero-order valence-corrected chi connectivity index (χ0v) is 16.4. The van der Waals surface area contributed by atoms with Crippen LogP contribution in [0.25, 0.3) is 5.52 Å². The zero-order valence-electron chi connectivity index (χ0n) is 16.4. The quantitative estimate of drug-likeness (QED) is 0.488. The van der Waals surface area contributed by atoms with Crippen LogP contribution in [0.15, 0.2) is 60.8 Å². The van der Waals surface area contributed by atoms with E-state index in [0.29, 0.717) is 33.8 Å². The van der Waals surface area contributed by atoms with Gasteiger partial charge in [-0.05, 0) is 55.8 Å². The van der Waals surface area contributed by atoms with E-state index in [1.807, 2.05) is 54.6 Å². The van der Waals surface area contributed by atoms with Crippen LogP contribution in [-0.4, -0.2) is 20.7 Å². The van der Waals surface area contributed by atoms with Crippen molar-refractivity contribution >= 4 is 22.9 Å². The molecule has 0 fully saturated rings. The SMILES string of the molecule is Cc1c(C(=O)O)c(C)n2ncc(C#N)c(Nc3ccc(Oc4ccccc4)cc3)c12. The third kappa shape index (κ3) is 3.31. The molecule has 0 aliphatic rings. The van der Waals surface area contributed by atoms with E-state index in [4.69, 9.17) is 4.74 Å². The van der Waals surface area contributed by atoms with Gasteiger partial charge in [0.2, 0.25) is 0 Å². The molecule has 0 bridgehead atoms. The van der Waals surface area contributed by atoms with Crippen molar-refractivity contribution in [3.63, 3.8) is 0 Å². The normalized spacial score (nSPS) is 10.6. The first-order valence-electron chi connectivity index (χ1n) is 9.24.